The highest BCUT2D eigenvalue weighted by Gasteiger charge is 2.24. The van der Waals surface area contributed by atoms with Crippen LogP contribution in [0.1, 0.15) is 24.5 Å². The van der Waals surface area contributed by atoms with Crippen molar-refractivity contribution >= 4 is 21.8 Å². The number of benzene rings is 2. The number of aromatic nitrogens is 3. The number of fused-ring (bicyclic) bond motifs is 3. The Morgan fingerprint density at radius 3 is 2.30 bits per heavy atom. The average Bonchev–Trinajstić information content (AvgIpc) is 3.23. The summed E-state index contributed by atoms with van der Waals surface area (Å²) in [6.07, 6.45) is 2.10. The van der Waals surface area contributed by atoms with Crippen LogP contribution < -0.4 is 14.8 Å². The van der Waals surface area contributed by atoms with Gasteiger partial charge < -0.3 is 19.9 Å². The van der Waals surface area contributed by atoms with Crippen molar-refractivity contribution in [2.75, 3.05) is 27.3 Å². The maximum absolute atomic E-state index is 9.71. The van der Waals surface area contributed by atoms with E-state index in [2.05, 4.69) is 15.5 Å². The molecule has 1 fully saturated rings. The molecule has 0 atom stereocenters. The lowest BCUT2D eigenvalue weighted by molar-refractivity contribution is 0.356. The molecular formula is C23H24N4O3. The number of ether oxygens (including phenoxy) is 2. The van der Waals surface area contributed by atoms with Gasteiger partial charge in [-0.15, -0.1) is 0 Å². The molecule has 0 aliphatic carbocycles. The van der Waals surface area contributed by atoms with E-state index >= 15 is 0 Å². The minimum absolute atomic E-state index is 0.220. The van der Waals surface area contributed by atoms with Gasteiger partial charge in [0.15, 0.2) is 17.1 Å². The largest absolute Gasteiger partial charge is 0.508 e. The van der Waals surface area contributed by atoms with E-state index in [1.54, 1.807) is 26.4 Å². The SMILES string of the molecule is COc1cc2c(-c3ccc(O)cc3)nc3[nH]nc(C4CCNCC4)c3c2cc1OC. The van der Waals surface area contributed by atoms with Crippen molar-refractivity contribution in [3.63, 3.8) is 0 Å². The fourth-order valence-electron chi connectivity index (χ4n) is 4.38. The van der Waals surface area contributed by atoms with Crippen LogP contribution in [0.2, 0.25) is 0 Å². The van der Waals surface area contributed by atoms with E-state index in [1.807, 2.05) is 24.3 Å². The highest BCUT2D eigenvalue weighted by molar-refractivity contribution is 6.12. The van der Waals surface area contributed by atoms with Gasteiger partial charge in [0.2, 0.25) is 0 Å². The summed E-state index contributed by atoms with van der Waals surface area (Å²) in [7, 11) is 3.28. The number of rotatable bonds is 4. The monoisotopic (exact) mass is 404 g/mol. The van der Waals surface area contributed by atoms with E-state index in [0.29, 0.717) is 17.4 Å². The Labute approximate surface area is 174 Å². The Kier molecular flexibility index (Phi) is 4.67. The third kappa shape index (κ3) is 3.02. The smallest absolute Gasteiger partial charge is 0.161 e. The van der Waals surface area contributed by atoms with Crippen LogP contribution in [0.15, 0.2) is 36.4 Å². The second kappa shape index (κ2) is 7.50. The molecule has 30 heavy (non-hydrogen) atoms. The lowest BCUT2D eigenvalue weighted by Gasteiger charge is -2.21. The van der Waals surface area contributed by atoms with Crippen LogP contribution in [-0.4, -0.2) is 47.6 Å². The van der Waals surface area contributed by atoms with Gasteiger partial charge in [0.25, 0.3) is 0 Å². The predicted molar refractivity (Wildman–Crippen MR) is 116 cm³/mol. The fourth-order valence-corrected chi connectivity index (χ4v) is 4.38. The normalized spacial score (nSPS) is 15.0. The van der Waals surface area contributed by atoms with Crippen molar-refractivity contribution < 1.29 is 14.6 Å². The Hall–Kier alpha value is -3.32. The van der Waals surface area contributed by atoms with Crippen molar-refractivity contribution in [1.82, 2.24) is 20.5 Å². The fraction of sp³-hybridized carbons (Fsp3) is 0.304. The molecule has 0 spiro atoms. The lowest BCUT2D eigenvalue weighted by Crippen LogP contribution is -2.26. The summed E-state index contributed by atoms with van der Waals surface area (Å²) in [6, 6.07) is 11.1. The molecule has 5 rings (SSSR count). The van der Waals surface area contributed by atoms with Gasteiger partial charge in [-0.2, -0.15) is 5.10 Å². The first-order valence-corrected chi connectivity index (χ1v) is 10.1. The first kappa shape index (κ1) is 18.7. The molecule has 0 unspecified atom stereocenters. The number of phenols is 1. The van der Waals surface area contributed by atoms with Crippen molar-refractivity contribution in [3.8, 4) is 28.5 Å². The van der Waals surface area contributed by atoms with Gasteiger partial charge in [-0.1, -0.05) is 0 Å². The molecule has 7 nitrogen and oxygen atoms in total. The molecule has 1 saturated heterocycles. The first-order valence-electron chi connectivity index (χ1n) is 10.1. The van der Waals surface area contributed by atoms with Gasteiger partial charge in [0.1, 0.15) is 5.75 Å². The Balaban J connectivity index is 1.83. The summed E-state index contributed by atoms with van der Waals surface area (Å²) in [4.78, 5) is 4.94. The van der Waals surface area contributed by atoms with Gasteiger partial charge in [0, 0.05) is 22.3 Å². The van der Waals surface area contributed by atoms with Crippen molar-refractivity contribution in [3.05, 3.63) is 42.1 Å². The zero-order chi connectivity index (χ0) is 20.7. The van der Waals surface area contributed by atoms with E-state index in [-0.39, 0.29) is 5.75 Å². The van der Waals surface area contributed by atoms with Crippen LogP contribution in [0.3, 0.4) is 0 Å². The van der Waals surface area contributed by atoms with E-state index in [9.17, 15) is 5.11 Å². The molecule has 0 radical (unpaired) electrons. The van der Waals surface area contributed by atoms with Crippen LogP contribution in [0.4, 0.5) is 0 Å². The number of phenolic OH excluding ortho intramolecular Hbond substituents is 1. The minimum Gasteiger partial charge on any atom is -0.508 e. The van der Waals surface area contributed by atoms with Crippen LogP contribution in [0, 0.1) is 0 Å². The van der Waals surface area contributed by atoms with Crippen LogP contribution in [0.25, 0.3) is 33.1 Å². The number of H-pyrrole nitrogens is 1. The first-order chi connectivity index (χ1) is 14.7. The second-order valence-electron chi connectivity index (χ2n) is 7.62. The Morgan fingerprint density at radius 2 is 1.63 bits per heavy atom. The molecule has 2 aromatic heterocycles. The molecule has 0 saturated carbocycles. The molecule has 3 heterocycles. The average molecular weight is 404 g/mol. The van der Waals surface area contributed by atoms with Gasteiger partial charge in [0.05, 0.1) is 31.0 Å². The maximum atomic E-state index is 9.71. The second-order valence-corrected chi connectivity index (χ2v) is 7.62. The van der Waals surface area contributed by atoms with Gasteiger partial charge in [-0.05, 0) is 62.3 Å². The summed E-state index contributed by atoms with van der Waals surface area (Å²) in [6.45, 7) is 1.99. The number of nitrogens with one attached hydrogen (secondary N) is 2. The zero-order valence-corrected chi connectivity index (χ0v) is 17.0. The molecule has 0 bridgehead atoms. The third-order valence-corrected chi connectivity index (χ3v) is 5.91. The number of nitrogens with zero attached hydrogens (tertiary/aromatic N) is 2. The van der Waals surface area contributed by atoms with Gasteiger partial charge in [-0.25, -0.2) is 4.98 Å². The van der Waals surface area contributed by atoms with Gasteiger partial charge in [-0.3, -0.25) is 5.10 Å². The summed E-state index contributed by atoms with van der Waals surface area (Å²) in [5.74, 6) is 1.93. The molecule has 1 aliphatic rings. The number of hydrogen-bond donors (Lipinski definition) is 3. The van der Waals surface area contributed by atoms with E-state index in [0.717, 1.165) is 64.7 Å². The zero-order valence-electron chi connectivity index (χ0n) is 17.0. The number of hydrogen-bond acceptors (Lipinski definition) is 6. The highest BCUT2D eigenvalue weighted by atomic mass is 16.5. The molecule has 0 amide bonds. The number of methoxy groups -OCH3 is 2. The lowest BCUT2D eigenvalue weighted by atomic mass is 9.91. The van der Waals surface area contributed by atoms with E-state index in [4.69, 9.17) is 14.5 Å². The third-order valence-electron chi connectivity index (χ3n) is 5.91. The topological polar surface area (TPSA) is 92.3 Å². The van der Waals surface area contributed by atoms with Crippen LogP contribution >= 0.6 is 0 Å². The number of piperidine rings is 1. The summed E-state index contributed by atoms with van der Waals surface area (Å²) >= 11 is 0. The summed E-state index contributed by atoms with van der Waals surface area (Å²) in [5, 5.41) is 24.0. The number of aromatic hydroxyl groups is 1. The minimum atomic E-state index is 0.220. The molecule has 7 heteroatoms. The van der Waals surface area contributed by atoms with Crippen molar-refractivity contribution in [1.29, 1.82) is 0 Å². The maximum Gasteiger partial charge on any atom is 0.161 e. The molecule has 3 N–H and O–H groups in total. The van der Waals surface area contributed by atoms with Gasteiger partial charge >= 0.3 is 0 Å². The standard InChI is InChI=1S/C23H24N4O3/c1-29-18-11-16-17(12-19(18)30-2)21(13-3-5-15(28)6-4-13)25-23-20(16)22(26-27-23)14-7-9-24-10-8-14/h3-6,11-12,14,24,28H,7-10H2,1-2H3,(H,25,26,27). The molecule has 2 aromatic carbocycles. The summed E-state index contributed by atoms with van der Waals surface area (Å²) in [5.41, 5.74) is 3.53. The quantitative estimate of drug-likeness (QED) is 0.477. The number of aromatic amines is 1. The van der Waals surface area contributed by atoms with Crippen LogP contribution in [-0.2, 0) is 0 Å². The molecular weight excluding hydrogens is 380 g/mol. The van der Waals surface area contributed by atoms with Crippen molar-refractivity contribution in [2.45, 2.75) is 18.8 Å². The summed E-state index contributed by atoms with van der Waals surface area (Å²) < 4.78 is 11.2. The van der Waals surface area contributed by atoms with E-state index < -0.39 is 0 Å². The predicted octanol–water partition coefficient (Wildman–Crippen LogP) is 3.97. The highest BCUT2D eigenvalue weighted by Crippen LogP contribution is 2.42. The molecule has 1 aliphatic heterocycles. The Morgan fingerprint density at radius 1 is 0.967 bits per heavy atom. The van der Waals surface area contributed by atoms with Crippen molar-refractivity contribution in [2.24, 2.45) is 0 Å². The number of pyridine rings is 1. The van der Waals surface area contributed by atoms with Crippen LogP contribution in [0.5, 0.6) is 17.2 Å². The Bertz CT molecular complexity index is 1210. The molecule has 154 valence electrons. The molecule has 4 aromatic rings. The van der Waals surface area contributed by atoms with E-state index in [1.165, 1.54) is 0 Å².